The first-order valence-corrected chi connectivity index (χ1v) is 8.05. The van der Waals surface area contributed by atoms with Crippen LogP contribution in [0.25, 0.3) is 0 Å². The highest BCUT2D eigenvalue weighted by Crippen LogP contribution is 2.24. The fourth-order valence-electron chi connectivity index (χ4n) is 2.80. The molecule has 2 rings (SSSR count). The number of benzene rings is 1. The molecule has 0 unspecified atom stereocenters. The molecule has 1 aromatic rings. The lowest BCUT2D eigenvalue weighted by atomic mass is 9.92. The predicted octanol–water partition coefficient (Wildman–Crippen LogP) is 3.36. The van der Waals surface area contributed by atoms with Gasteiger partial charge in [0, 0.05) is 24.1 Å². The summed E-state index contributed by atoms with van der Waals surface area (Å²) in [6, 6.07) is 5.32. The molecule has 0 aliphatic carbocycles. The van der Waals surface area contributed by atoms with Gasteiger partial charge in [0.2, 0.25) is 5.91 Å². The maximum Gasteiger partial charge on any atom is 0.422 e. The summed E-state index contributed by atoms with van der Waals surface area (Å²) < 4.78 is 42.0. The van der Waals surface area contributed by atoms with E-state index in [0.29, 0.717) is 11.6 Å². The zero-order valence-corrected chi connectivity index (χ0v) is 15.1. The van der Waals surface area contributed by atoms with Crippen molar-refractivity contribution in [3.63, 3.8) is 0 Å². The Morgan fingerprint density at radius 3 is 2.76 bits per heavy atom. The van der Waals surface area contributed by atoms with Gasteiger partial charge in [-0.1, -0.05) is 12.1 Å². The fourth-order valence-corrected chi connectivity index (χ4v) is 2.80. The minimum absolute atomic E-state index is 0. The smallest absolute Gasteiger partial charge is 0.422 e. The number of carbonyl (C=O) groups excluding carboxylic acids is 1. The van der Waals surface area contributed by atoms with Gasteiger partial charge in [-0.3, -0.25) is 4.79 Å². The molecular formula is C17H24ClF3N2O2. The number of aryl methyl sites for hydroxylation is 1. The number of hydrogen-bond acceptors (Lipinski definition) is 3. The molecule has 1 aromatic carbocycles. The molecule has 2 atom stereocenters. The van der Waals surface area contributed by atoms with E-state index in [2.05, 4.69) is 10.6 Å². The minimum Gasteiger partial charge on any atom is -0.484 e. The van der Waals surface area contributed by atoms with E-state index in [4.69, 9.17) is 4.74 Å². The van der Waals surface area contributed by atoms with E-state index in [1.807, 2.05) is 6.92 Å². The first-order valence-electron chi connectivity index (χ1n) is 8.05. The molecule has 142 valence electrons. The lowest BCUT2D eigenvalue weighted by Gasteiger charge is -2.27. The van der Waals surface area contributed by atoms with Gasteiger partial charge in [0.1, 0.15) is 5.75 Å². The number of hydrogen-bond donors (Lipinski definition) is 2. The van der Waals surface area contributed by atoms with Crippen LogP contribution in [0.15, 0.2) is 18.2 Å². The van der Waals surface area contributed by atoms with Gasteiger partial charge in [-0.15, -0.1) is 12.4 Å². The van der Waals surface area contributed by atoms with Gasteiger partial charge in [0.25, 0.3) is 0 Å². The van der Waals surface area contributed by atoms with Crippen LogP contribution in [-0.2, 0) is 11.3 Å². The average Bonchev–Trinajstić information content (AvgIpc) is 2.51. The second-order valence-electron chi connectivity index (χ2n) is 6.31. The summed E-state index contributed by atoms with van der Waals surface area (Å²) >= 11 is 0. The number of ether oxygens (including phenoxy) is 1. The van der Waals surface area contributed by atoms with Crippen molar-refractivity contribution < 1.29 is 22.7 Å². The van der Waals surface area contributed by atoms with Crippen LogP contribution in [0.5, 0.6) is 5.75 Å². The summed E-state index contributed by atoms with van der Waals surface area (Å²) in [6.07, 6.45) is -2.87. The molecule has 1 amide bonds. The van der Waals surface area contributed by atoms with E-state index in [9.17, 15) is 18.0 Å². The molecule has 4 nitrogen and oxygen atoms in total. The SMILES string of the molecule is Cc1ccc(CNC(=O)[C@H]2CCN[C@@H](C)C2)c(OCC(F)(F)F)c1.Cl. The molecule has 1 saturated heterocycles. The quantitative estimate of drug-likeness (QED) is 0.823. The second-order valence-corrected chi connectivity index (χ2v) is 6.31. The van der Waals surface area contributed by atoms with Crippen LogP contribution in [0.3, 0.4) is 0 Å². The van der Waals surface area contributed by atoms with Crippen LogP contribution >= 0.6 is 12.4 Å². The molecule has 0 radical (unpaired) electrons. The zero-order chi connectivity index (χ0) is 17.7. The molecular weight excluding hydrogens is 357 g/mol. The Bertz CT molecular complexity index is 582. The monoisotopic (exact) mass is 380 g/mol. The van der Waals surface area contributed by atoms with Crippen molar-refractivity contribution in [2.75, 3.05) is 13.2 Å². The van der Waals surface area contributed by atoms with Crippen molar-refractivity contribution in [1.29, 1.82) is 0 Å². The molecule has 1 aliphatic heterocycles. The largest absolute Gasteiger partial charge is 0.484 e. The van der Waals surface area contributed by atoms with Crippen molar-refractivity contribution in [2.45, 2.75) is 45.5 Å². The van der Waals surface area contributed by atoms with Crippen LogP contribution in [0, 0.1) is 12.8 Å². The van der Waals surface area contributed by atoms with E-state index in [1.165, 1.54) is 0 Å². The Balaban J connectivity index is 0.00000312. The van der Waals surface area contributed by atoms with Crippen LogP contribution in [0.2, 0.25) is 0 Å². The van der Waals surface area contributed by atoms with Gasteiger partial charge in [0.15, 0.2) is 6.61 Å². The third kappa shape index (κ3) is 7.12. The van der Waals surface area contributed by atoms with Crippen molar-refractivity contribution in [3.05, 3.63) is 29.3 Å². The summed E-state index contributed by atoms with van der Waals surface area (Å²) in [5.41, 5.74) is 1.34. The first-order chi connectivity index (χ1) is 11.2. The van der Waals surface area contributed by atoms with Gasteiger partial charge >= 0.3 is 6.18 Å². The maximum absolute atomic E-state index is 12.4. The van der Waals surface area contributed by atoms with Gasteiger partial charge in [-0.2, -0.15) is 13.2 Å². The van der Waals surface area contributed by atoms with Crippen molar-refractivity contribution in [3.8, 4) is 5.75 Å². The molecule has 0 aromatic heterocycles. The molecule has 0 spiro atoms. The average molecular weight is 381 g/mol. The summed E-state index contributed by atoms with van der Waals surface area (Å²) in [7, 11) is 0. The van der Waals surface area contributed by atoms with Crippen molar-refractivity contribution in [1.82, 2.24) is 10.6 Å². The molecule has 25 heavy (non-hydrogen) atoms. The predicted molar refractivity (Wildman–Crippen MR) is 92.0 cm³/mol. The first kappa shape index (κ1) is 21.6. The Hall–Kier alpha value is -1.47. The Kier molecular flexibility index (Phi) is 8.02. The number of alkyl halides is 3. The Morgan fingerprint density at radius 1 is 1.40 bits per heavy atom. The van der Waals surface area contributed by atoms with E-state index < -0.39 is 12.8 Å². The summed E-state index contributed by atoms with van der Waals surface area (Å²) in [5, 5.41) is 6.10. The van der Waals surface area contributed by atoms with Crippen molar-refractivity contribution in [2.24, 2.45) is 5.92 Å². The third-order valence-electron chi connectivity index (χ3n) is 4.06. The molecule has 2 N–H and O–H groups in total. The number of carbonyl (C=O) groups is 1. The number of rotatable bonds is 5. The molecule has 0 bridgehead atoms. The topological polar surface area (TPSA) is 50.4 Å². The fraction of sp³-hybridized carbons (Fsp3) is 0.588. The maximum atomic E-state index is 12.4. The number of piperidine rings is 1. The minimum atomic E-state index is -4.39. The highest BCUT2D eigenvalue weighted by Gasteiger charge is 2.29. The van der Waals surface area contributed by atoms with Gasteiger partial charge in [0.05, 0.1) is 0 Å². The number of nitrogens with one attached hydrogen (secondary N) is 2. The van der Waals surface area contributed by atoms with Crippen LogP contribution in [0.4, 0.5) is 13.2 Å². The van der Waals surface area contributed by atoms with Gasteiger partial charge in [-0.25, -0.2) is 0 Å². The molecule has 1 fully saturated rings. The third-order valence-corrected chi connectivity index (χ3v) is 4.06. The zero-order valence-electron chi connectivity index (χ0n) is 14.3. The lowest BCUT2D eigenvalue weighted by molar-refractivity contribution is -0.153. The normalized spacial score (nSPS) is 20.5. The summed E-state index contributed by atoms with van der Waals surface area (Å²) in [4.78, 5) is 12.3. The van der Waals surface area contributed by atoms with E-state index in [1.54, 1.807) is 25.1 Å². The molecule has 1 heterocycles. The molecule has 1 aliphatic rings. The Labute approximate surface area is 151 Å². The highest BCUT2D eigenvalue weighted by atomic mass is 35.5. The molecule has 8 heteroatoms. The van der Waals surface area contributed by atoms with E-state index >= 15 is 0 Å². The van der Waals surface area contributed by atoms with Crippen LogP contribution in [-0.4, -0.2) is 31.3 Å². The lowest BCUT2D eigenvalue weighted by Crippen LogP contribution is -2.42. The van der Waals surface area contributed by atoms with E-state index in [0.717, 1.165) is 24.9 Å². The van der Waals surface area contributed by atoms with Crippen LogP contribution < -0.4 is 15.4 Å². The van der Waals surface area contributed by atoms with E-state index in [-0.39, 0.29) is 36.5 Å². The standard InChI is InChI=1S/C17H23F3N2O2.ClH/c1-11-3-4-14(15(7-11)24-10-17(18,19)20)9-22-16(23)13-5-6-21-12(2)8-13;/h3-4,7,12-13,21H,5-6,8-10H2,1-2H3,(H,22,23);1H/t12-,13-;/m0./s1. The molecule has 0 saturated carbocycles. The second kappa shape index (κ2) is 9.29. The van der Waals surface area contributed by atoms with Gasteiger partial charge < -0.3 is 15.4 Å². The summed E-state index contributed by atoms with van der Waals surface area (Å²) in [6.45, 7) is 3.42. The van der Waals surface area contributed by atoms with Gasteiger partial charge in [-0.05, 0) is 44.9 Å². The van der Waals surface area contributed by atoms with Crippen LogP contribution in [0.1, 0.15) is 30.9 Å². The van der Waals surface area contributed by atoms with Crippen molar-refractivity contribution >= 4 is 18.3 Å². The number of amides is 1. The Morgan fingerprint density at radius 2 is 2.12 bits per heavy atom. The highest BCUT2D eigenvalue weighted by molar-refractivity contribution is 5.85. The number of halogens is 4. The summed E-state index contributed by atoms with van der Waals surface area (Å²) in [5.74, 6) is 0.0308.